The molecule has 1 atom stereocenters. The minimum Gasteiger partial charge on any atom is -0.381 e. The number of likely N-dealkylation sites (tertiary alicyclic amines) is 1. The summed E-state index contributed by atoms with van der Waals surface area (Å²) in [5.41, 5.74) is 1.99. The third-order valence-corrected chi connectivity index (χ3v) is 5.06. The first kappa shape index (κ1) is 12.6. The van der Waals surface area contributed by atoms with Gasteiger partial charge in [-0.15, -0.1) is 0 Å². The van der Waals surface area contributed by atoms with E-state index >= 15 is 0 Å². The molecule has 2 aliphatic heterocycles. The lowest BCUT2D eigenvalue weighted by Crippen LogP contribution is -2.58. The number of nitrogens with zero attached hydrogens (tertiary/aromatic N) is 1. The summed E-state index contributed by atoms with van der Waals surface area (Å²) in [6.45, 7) is 6.72. The van der Waals surface area contributed by atoms with Crippen LogP contribution in [0.25, 0.3) is 0 Å². The molecule has 2 heterocycles. The van der Waals surface area contributed by atoms with Gasteiger partial charge in [-0.3, -0.25) is 4.90 Å². The number of benzene rings is 1. The summed E-state index contributed by atoms with van der Waals surface area (Å²) in [7, 11) is 0. The Hall–Kier alpha value is -0.380. The van der Waals surface area contributed by atoms with Crippen molar-refractivity contribution in [1.82, 2.24) is 4.90 Å². The predicted octanol–water partition coefficient (Wildman–Crippen LogP) is 3.62. The van der Waals surface area contributed by atoms with E-state index in [4.69, 9.17) is 4.74 Å². The highest BCUT2D eigenvalue weighted by Crippen LogP contribution is 2.43. The van der Waals surface area contributed by atoms with E-state index in [1.54, 1.807) is 0 Å². The molecule has 2 fully saturated rings. The van der Waals surface area contributed by atoms with Gasteiger partial charge in [-0.2, -0.15) is 0 Å². The van der Waals surface area contributed by atoms with E-state index in [1.807, 2.05) is 0 Å². The topological polar surface area (TPSA) is 12.5 Å². The van der Waals surface area contributed by atoms with Crippen LogP contribution in [0.2, 0.25) is 0 Å². The number of hydrogen-bond donors (Lipinski definition) is 0. The molecule has 0 aromatic heterocycles. The van der Waals surface area contributed by atoms with Gasteiger partial charge < -0.3 is 4.74 Å². The monoisotopic (exact) mass is 309 g/mol. The molecule has 0 N–H and O–H groups in total. The summed E-state index contributed by atoms with van der Waals surface area (Å²) in [5.74, 6) is 0. The van der Waals surface area contributed by atoms with Crippen LogP contribution >= 0.6 is 15.9 Å². The molecule has 2 saturated heterocycles. The molecule has 98 valence electrons. The maximum absolute atomic E-state index is 5.47. The molecule has 3 heteroatoms. The van der Waals surface area contributed by atoms with E-state index < -0.39 is 0 Å². The van der Waals surface area contributed by atoms with E-state index in [2.05, 4.69) is 52.0 Å². The van der Waals surface area contributed by atoms with Crippen LogP contribution in [-0.2, 0) is 4.74 Å². The molecule has 3 rings (SSSR count). The first-order chi connectivity index (χ1) is 8.69. The zero-order valence-electron chi connectivity index (χ0n) is 10.9. The van der Waals surface area contributed by atoms with Gasteiger partial charge in [0.05, 0.1) is 0 Å². The highest BCUT2D eigenvalue weighted by atomic mass is 79.9. The second-order valence-electron chi connectivity index (χ2n) is 5.74. The normalized spacial score (nSPS) is 24.8. The Balaban J connectivity index is 1.62. The number of hydrogen-bond acceptors (Lipinski definition) is 2. The van der Waals surface area contributed by atoms with Gasteiger partial charge in [-0.1, -0.05) is 28.1 Å². The fraction of sp³-hybridized carbons (Fsp3) is 0.600. The highest BCUT2D eigenvalue weighted by Gasteiger charge is 2.45. The Morgan fingerprint density at radius 1 is 1.17 bits per heavy atom. The van der Waals surface area contributed by atoms with Crippen LogP contribution in [-0.4, -0.2) is 31.2 Å². The van der Waals surface area contributed by atoms with Gasteiger partial charge in [0.15, 0.2) is 0 Å². The molecule has 1 spiro atoms. The number of halogens is 1. The summed E-state index contributed by atoms with van der Waals surface area (Å²) < 4.78 is 6.63. The molecule has 1 unspecified atom stereocenters. The quantitative estimate of drug-likeness (QED) is 0.827. The second kappa shape index (κ2) is 4.95. The predicted molar refractivity (Wildman–Crippen MR) is 76.6 cm³/mol. The van der Waals surface area contributed by atoms with Gasteiger partial charge in [0.25, 0.3) is 0 Å². The first-order valence-corrected chi connectivity index (χ1v) is 7.55. The van der Waals surface area contributed by atoms with E-state index in [0.29, 0.717) is 11.5 Å². The fourth-order valence-electron chi connectivity index (χ4n) is 3.16. The lowest BCUT2D eigenvalue weighted by Gasteiger charge is -2.54. The van der Waals surface area contributed by atoms with Crippen molar-refractivity contribution >= 4 is 15.9 Å². The molecule has 0 radical (unpaired) electrons. The molecule has 0 saturated carbocycles. The van der Waals surface area contributed by atoms with E-state index in [-0.39, 0.29) is 0 Å². The molecule has 0 aliphatic carbocycles. The molecule has 2 aliphatic rings. The molecule has 0 amide bonds. The Labute approximate surface area is 117 Å². The Morgan fingerprint density at radius 3 is 2.39 bits per heavy atom. The van der Waals surface area contributed by atoms with E-state index in [0.717, 1.165) is 17.7 Å². The van der Waals surface area contributed by atoms with E-state index in [1.165, 1.54) is 31.5 Å². The van der Waals surface area contributed by atoms with Crippen molar-refractivity contribution in [2.45, 2.75) is 25.8 Å². The smallest absolute Gasteiger partial charge is 0.0472 e. The summed E-state index contributed by atoms with van der Waals surface area (Å²) >= 11 is 3.49. The Kier molecular flexibility index (Phi) is 3.48. The van der Waals surface area contributed by atoms with Crippen molar-refractivity contribution < 1.29 is 4.74 Å². The van der Waals surface area contributed by atoms with Gasteiger partial charge in [-0.25, -0.2) is 0 Å². The third kappa shape index (κ3) is 2.36. The molecular formula is C15H20BrNO. The summed E-state index contributed by atoms with van der Waals surface area (Å²) in [5, 5.41) is 0. The average molecular weight is 310 g/mol. The van der Waals surface area contributed by atoms with Crippen molar-refractivity contribution in [2.24, 2.45) is 5.41 Å². The van der Waals surface area contributed by atoms with Crippen molar-refractivity contribution in [3.63, 3.8) is 0 Å². The molecular weight excluding hydrogens is 290 g/mol. The van der Waals surface area contributed by atoms with Crippen LogP contribution in [0.1, 0.15) is 31.4 Å². The lowest BCUT2D eigenvalue weighted by atomic mass is 9.72. The van der Waals surface area contributed by atoms with Gasteiger partial charge >= 0.3 is 0 Å². The third-order valence-electron chi connectivity index (χ3n) is 4.53. The Bertz CT molecular complexity index is 403. The molecule has 0 bridgehead atoms. The van der Waals surface area contributed by atoms with Crippen molar-refractivity contribution in [1.29, 1.82) is 0 Å². The maximum Gasteiger partial charge on any atom is 0.0472 e. The van der Waals surface area contributed by atoms with Gasteiger partial charge in [0, 0.05) is 42.2 Å². The van der Waals surface area contributed by atoms with Crippen LogP contribution in [0.5, 0.6) is 0 Å². The largest absolute Gasteiger partial charge is 0.381 e. The van der Waals surface area contributed by atoms with Crippen molar-refractivity contribution in [3.05, 3.63) is 34.3 Å². The van der Waals surface area contributed by atoms with Crippen molar-refractivity contribution in [2.75, 3.05) is 26.3 Å². The number of rotatable bonds is 2. The number of ether oxygens (including phenoxy) is 1. The fourth-order valence-corrected chi connectivity index (χ4v) is 3.43. The van der Waals surface area contributed by atoms with Crippen molar-refractivity contribution in [3.8, 4) is 0 Å². The Morgan fingerprint density at radius 2 is 1.78 bits per heavy atom. The van der Waals surface area contributed by atoms with Crippen LogP contribution < -0.4 is 0 Å². The molecule has 1 aromatic rings. The van der Waals surface area contributed by atoms with Crippen LogP contribution in [0.15, 0.2) is 28.7 Å². The lowest BCUT2D eigenvalue weighted by molar-refractivity contribution is -0.0953. The van der Waals surface area contributed by atoms with Gasteiger partial charge in [-0.05, 0) is 37.5 Å². The van der Waals surface area contributed by atoms with Crippen LogP contribution in [0.4, 0.5) is 0 Å². The van der Waals surface area contributed by atoms with Gasteiger partial charge in [0.1, 0.15) is 0 Å². The maximum atomic E-state index is 5.47. The molecule has 2 nitrogen and oxygen atoms in total. The second-order valence-corrected chi connectivity index (χ2v) is 6.66. The highest BCUT2D eigenvalue weighted by molar-refractivity contribution is 9.10. The molecule has 1 aromatic carbocycles. The summed E-state index contributed by atoms with van der Waals surface area (Å²) in [6, 6.07) is 9.26. The zero-order valence-corrected chi connectivity index (χ0v) is 12.4. The molecule has 18 heavy (non-hydrogen) atoms. The van der Waals surface area contributed by atoms with Crippen LogP contribution in [0, 0.1) is 5.41 Å². The standard InChI is InChI=1S/C15H20BrNO/c1-12(13-2-4-14(16)5-3-13)17-10-15(11-17)6-8-18-9-7-15/h2-5,12H,6-11H2,1H3. The SMILES string of the molecule is CC(c1ccc(Br)cc1)N1CC2(CCOCC2)C1. The summed E-state index contributed by atoms with van der Waals surface area (Å²) in [6.07, 6.45) is 2.49. The van der Waals surface area contributed by atoms with E-state index in [9.17, 15) is 0 Å². The summed E-state index contributed by atoms with van der Waals surface area (Å²) in [4.78, 5) is 2.59. The van der Waals surface area contributed by atoms with Gasteiger partial charge in [0.2, 0.25) is 0 Å². The average Bonchev–Trinajstić information content (AvgIpc) is 2.37. The minimum atomic E-state index is 0.534. The first-order valence-electron chi connectivity index (χ1n) is 6.76. The van der Waals surface area contributed by atoms with Crippen LogP contribution in [0.3, 0.4) is 0 Å². The minimum absolute atomic E-state index is 0.534. The zero-order chi connectivity index (χ0) is 12.6.